The van der Waals surface area contributed by atoms with E-state index in [1.165, 1.54) is 5.52 Å². The maximum Gasteiger partial charge on any atom is 0.114 e. The van der Waals surface area contributed by atoms with Crippen LogP contribution in [0.1, 0.15) is 5.82 Å². The number of nitrogens with one attached hydrogen (secondary N) is 1. The van der Waals surface area contributed by atoms with Crippen molar-refractivity contribution in [3.8, 4) is 0 Å². The highest BCUT2D eigenvalue weighted by Crippen LogP contribution is 2.11. The van der Waals surface area contributed by atoms with Crippen molar-refractivity contribution >= 4 is 5.52 Å². The number of hydrogen-bond donors (Lipinski definition) is 1. The molecule has 1 fully saturated rings. The first-order chi connectivity index (χ1) is 8.34. The second-order valence-corrected chi connectivity index (χ2v) is 4.71. The summed E-state index contributed by atoms with van der Waals surface area (Å²) in [6, 6.07) is 6.75. The normalized spacial score (nSPS) is 22.1. The Balaban J connectivity index is 1.84. The maximum absolute atomic E-state index is 4.53. The summed E-state index contributed by atoms with van der Waals surface area (Å²) in [6.45, 7) is 3.27. The van der Waals surface area contributed by atoms with Crippen LogP contribution in [0.25, 0.3) is 5.52 Å². The lowest BCUT2D eigenvalue weighted by molar-refractivity contribution is 0.197. The third-order valence-electron chi connectivity index (χ3n) is 3.58. The molecule has 0 saturated carbocycles. The van der Waals surface area contributed by atoms with Gasteiger partial charge in [0.15, 0.2) is 0 Å². The molecular weight excluding hydrogens is 212 g/mol. The molecule has 17 heavy (non-hydrogen) atoms. The Bertz CT molecular complexity index is 505. The zero-order valence-electron chi connectivity index (χ0n) is 10.1. The molecule has 1 unspecified atom stereocenters. The average molecular weight is 230 g/mol. The van der Waals surface area contributed by atoms with E-state index in [0.29, 0.717) is 6.04 Å². The van der Waals surface area contributed by atoms with Gasteiger partial charge in [-0.15, -0.1) is 0 Å². The molecule has 0 bridgehead atoms. The van der Waals surface area contributed by atoms with Crippen molar-refractivity contribution in [1.29, 1.82) is 0 Å². The van der Waals surface area contributed by atoms with Gasteiger partial charge in [0.1, 0.15) is 5.82 Å². The molecule has 4 nitrogen and oxygen atoms in total. The highest BCUT2D eigenvalue weighted by molar-refractivity contribution is 5.45. The van der Waals surface area contributed by atoms with Crippen molar-refractivity contribution in [3.63, 3.8) is 0 Å². The molecular formula is C13H18N4. The number of hydrogen-bond acceptors (Lipinski definition) is 3. The third-order valence-corrected chi connectivity index (χ3v) is 3.58. The fourth-order valence-electron chi connectivity index (χ4n) is 2.45. The molecule has 0 amide bonds. The second kappa shape index (κ2) is 4.47. The van der Waals surface area contributed by atoms with Crippen molar-refractivity contribution in [3.05, 3.63) is 36.4 Å². The van der Waals surface area contributed by atoms with Crippen LogP contribution < -0.4 is 5.32 Å². The van der Waals surface area contributed by atoms with Crippen LogP contribution in [0.4, 0.5) is 0 Å². The van der Waals surface area contributed by atoms with Crippen LogP contribution in [0.3, 0.4) is 0 Å². The van der Waals surface area contributed by atoms with Gasteiger partial charge in [-0.2, -0.15) is 0 Å². The molecule has 1 N–H and O–H groups in total. The summed E-state index contributed by atoms with van der Waals surface area (Å²) in [4.78, 5) is 6.95. The summed E-state index contributed by atoms with van der Waals surface area (Å²) in [5.41, 5.74) is 1.17. The van der Waals surface area contributed by atoms with E-state index in [9.17, 15) is 0 Å². The van der Waals surface area contributed by atoms with E-state index < -0.39 is 0 Å². The van der Waals surface area contributed by atoms with Crippen molar-refractivity contribution in [2.45, 2.75) is 12.5 Å². The number of aromatic nitrogens is 2. The van der Waals surface area contributed by atoms with Crippen LogP contribution in [0.2, 0.25) is 0 Å². The first kappa shape index (κ1) is 10.7. The summed E-state index contributed by atoms with van der Waals surface area (Å²) in [7, 11) is 2.20. The minimum Gasteiger partial charge on any atom is -0.314 e. The highest BCUT2D eigenvalue weighted by atomic mass is 15.2. The van der Waals surface area contributed by atoms with E-state index in [1.807, 2.05) is 6.20 Å². The molecule has 0 spiro atoms. The Labute approximate surface area is 101 Å². The van der Waals surface area contributed by atoms with E-state index in [0.717, 1.165) is 31.9 Å². The first-order valence-electron chi connectivity index (χ1n) is 6.16. The van der Waals surface area contributed by atoms with E-state index in [2.05, 4.69) is 51.0 Å². The fraction of sp³-hybridized carbons (Fsp3) is 0.462. The molecule has 1 aliphatic rings. The van der Waals surface area contributed by atoms with Crippen molar-refractivity contribution in [2.75, 3.05) is 26.7 Å². The quantitative estimate of drug-likeness (QED) is 0.827. The summed E-state index contributed by atoms with van der Waals surface area (Å²) in [5, 5.41) is 3.45. The SMILES string of the molecule is CN1CCNCC1Cc1ncc2ccccn12. The molecule has 4 heteroatoms. The summed E-state index contributed by atoms with van der Waals surface area (Å²) in [5.74, 6) is 1.15. The molecule has 3 rings (SSSR count). The highest BCUT2D eigenvalue weighted by Gasteiger charge is 2.20. The van der Waals surface area contributed by atoms with E-state index in [1.54, 1.807) is 0 Å². The van der Waals surface area contributed by atoms with Gasteiger partial charge in [0.2, 0.25) is 0 Å². The molecule has 0 aliphatic carbocycles. The Morgan fingerprint density at radius 2 is 2.41 bits per heavy atom. The smallest absolute Gasteiger partial charge is 0.114 e. The number of pyridine rings is 1. The van der Waals surface area contributed by atoms with E-state index >= 15 is 0 Å². The number of fused-ring (bicyclic) bond motifs is 1. The Hall–Kier alpha value is -1.39. The monoisotopic (exact) mass is 230 g/mol. The molecule has 90 valence electrons. The molecule has 1 saturated heterocycles. The minimum atomic E-state index is 0.551. The third kappa shape index (κ3) is 2.06. The topological polar surface area (TPSA) is 32.6 Å². The number of nitrogens with zero attached hydrogens (tertiary/aromatic N) is 3. The largest absolute Gasteiger partial charge is 0.314 e. The Kier molecular flexibility index (Phi) is 2.82. The average Bonchev–Trinajstić information content (AvgIpc) is 2.76. The van der Waals surface area contributed by atoms with E-state index in [-0.39, 0.29) is 0 Å². The van der Waals surface area contributed by atoms with Gasteiger partial charge in [0.05, 0.1) is 11.7 Å². The van der Waals surface area contributed by atoms with Gasteiger partial charge in [-0.3, -0.25) is 0 Å². The predicted octanol–water partition coefficient (Wildman–Crippen LogP) is 0.780. The lowest BCUT2D eigenvalue weighted by atomic mass is 10.1. The Morgan fingerprint density at radius 3 is 3.29 bits per heavy atom. The molecule has 1 aliphatic heterocycles. The number of rotatable bonds is 2. The Morgan fingerprint density at radius 1 is 1.47 bits per heavy atom. The summed E-state index contributed by atoms with van der Waals surface area (Å²) < 4.78 is 2.18. The zero-order valence-corrected chi connectivity index (χ0v) is 10.1. The van der Waals surface area contributed by atoms with Gasteiger partial charge in [0.25, 0.3) is 0 Å². The predicted molar refractivity (Wildman–Crippen MR) is 68.2 cm³/mol. The van der Waals surface area contributed by atoms with Crippen LogP contribution in [0.5, 0.6) is 0 Å². The lowest BCUT2D eigenvalue weighted by Crippen LogP contribution is -2.50. The molecule has 2 aromatic heterocycles. The van der Waals surface area contributed by atoms with Crippen LogP contribution in [-0.4, -0.2) is 47.0 Å². The first-order valence-corrected chi connectivity index (χ1v) is 6.16. The fourth-order valence-corrected chi connectivity index (χ4v) is 2.45. The van der Waals surface area contributed by atoms with Crippen LogP contribution in [-0.2, 0) is 6.42 Å². The summed E-state index contributed by atoms with van der Waals surface area (Å²) in [6.07, 6.45) is 5.04. The van der Waals surface area contributed by atoms with Gasteiger partial charge >= 0.3 is 0 Å². The number of piperazine rings is 1. The van der Waals surface area contributed by atoms with Gasteiger partial charge in [-0.25, -0.2) is 4.98 Å². The number of likely N-dealkylation sites (N-methyl/N-ethyl adjacent to an activating group) is 1. The van der Waals surface area contributed by atoms with Gasteiger partial charge in [-0.05, 0) is 19.2 Å². The maximum atomic E-state index is 4.53. The van der Waals surface area contributed by atoms with E-state index in [4.69, 9.17) is 0 Å². The number of imidazole rings is 1. The van der Waals surface area contributed by atoms with Crippen molar-refractivity contribution in [1.82, 2.24) is 19.6 Å². The van der Waals surface area contributed by atoms with Crippen LogP contribution in [0, 0.1) is 0 Å². The second-order valence-electron chi connectivity index (χ2n) is 4.71. The van der Waals surface area contributed by atoms with Gasteiger partial charge < -0.3 is 14.6 Å². The zero-order chi connectivity index (χ0) is 11.7. The molecule has 2 aromatic rings. The van der Waals surface area contributed by atoms with Crippen LogP contribution in [0.15, 0.2) is 30.6 Å². The van der Waals surface area contributed by atoms with Crippen molar-refractivity contribution < 1.29 is 0 Å². The standard InChI is InChI=1S/C13H18N4/c1-16-7-5-14-9-12(16)8-13-15-10-11-4-2-3-6-17(11)13/h2-4,6,10,12,14H,5,7-9H2,1H3. The van der Waals surface area contributed by atoms with Gasteiger partial charge in [-0.1, -0.05) is 6.07 Å². The molecule has 1 atom stereocenters. The van der Waals surface area contributed by atoms with Crippen LogP contribution >= 0.6 is 0 Å². The molecule has 0 radical (unpaired) electrons. The van der Waals surface area contributed by atoms with Gasteiger partial charge in [0, 0.05) is 38.3 Å². The minimum absolute atomic E-state index is 0.551. The molecule has 3 heterocycles. The van der Waals surface area contributed by atoms with Crippen molar-refractivity contribution in [2.24, 2.45) is 0 Å². The molecule has 0 aromatic carbocycles. The summed E-state index contributed by atoms with van der Waals surface area (Å²) >= 11 is 0. The lowest BCUT2D eigenvalue weighted by Gasteiger charge is -2.32.